The molecule has 1 aromatic rings. The fourth-order valence-electron chi connectivity index (χ4n) is 1.27. The summed E-state index contributed by atoms with van der Waals surface area (Å²) >= 11 is 0. The normalized spacial score (nSPS) is 12.1. The molecule has 74 valence electrons. The van der Waals surface area contributed by atoms with E-state index in [4.69, 9.17) is 10.8 Å². The second-order valence-corrected chi connectivity index (χ2v) is 3.14. The molecule has 1 atom stereocenters. The summed E-state index contributed by atoms with van der Waals surface area (Å²) < 4.78 is 0. The Morgan fingerprint density at radius 2 is 2.29 bits per heavy atom. The highest BCUT2D eigenvalue weighted by atomic mass is 16.4. The molecule has 3 heteroatoms. The highest BCUT2D eigenvalue weighted by Gasteiger charge is 2.08. The maximum absolute atomic E-state index is 10.7. The summed E-state index contributed by atoms with van der Waals surface area (Å²) in [5.41, 5.74) is 7.63. The van der Waals surface area contributed by atoms with Gasteiger partial charge >= 0.3 is 5.97 Å². The van der Waals surface area contributed by atoms with Crippen LogP contribution in [0.5, 0.6) is 0 Å². The molecular weight excluding hydrogens is 178 g/mol. The van der Waals surface area contributed by atoms with Crippen molar-refractivity contribution in [2.24, 2.45) is 5.73 Å². The van der Waals surface area contributed by atoms with E-state index < -0.39 is 5.97 Å². The molecule has 3 N–H and O–H groups in total. The van der Waals surface area contributed by atoms with Crippen molar-refractivity contribution in [1.29, 1.82) is 0 Å². The van der Waals surface area contributed by atoms with Crippen molar-refractivity contribution in [3.8, 4) is 0 Å². The maximum atomic E-state index is 10.7. The number of aromatic carboxylic acids is 1. The zero-order valence-electron chi connectivity index (χ0n) is 8.03. The molecule has 3 nitrogen and oxygen atoms in total. The van der Waals surface area contributed by atoms with Crippen molar-refractivity contribution in [3.05, 3.63) is 47.5 Å². The molecule has 1 aromatic carbocycles. The van der Waals surface area contributed by atoms with Gasteiger partial charge in [0, 0.05) is 6.04 Å². The van der Waals surface area contributed by atoms with Gasteiger partial charge in [0.05, 0.1) is 5.56 Å². The summed E-state index contributed by atoms with van der Waals surface area (Å²) in [7, 11) is 0. The zero-order valence-corrected chi connectivity index (χ0v) is 8.03. The fraction of sp³-hybridized carbons (Fsp3) is 0.182. The third kappa shape index (κ3) is 2.00. The van der Waals surface area contributed by atoms with Crippen LogP contribution in [0, 0.1) is 6.92 Å². The minimum Gasteiger partial charge on any atom is -0.478 e. The van der Waals surface area contributed by atoms with Crippen LogP contribution >= 0.6 is 0 Å². The topological polar surface area (TPSA) is 63.3 Å². The van der Waals surface area contributed by atoms with E-state index in [1.54, 1.807) is 31.2 Å². The highest BCUT2D eigenvalue weighted by molar-refractivity contribution is 5.89. The van der Waals surface area contributed by atoms with Gasteiger partial charge in [-0.1, -0.05) is 18.2 Å². The highest BCUT2D eigenvalue weighted by Crippen LogP contribution is 2.16. The summed E-state index contributed by atoms with van der Waals surface area (Å²) in [5.74, 6) is -0.916. The van der Waals surface area contributed by atoms with Gasteiger partial charge in [-0.05, 0) is 24.1 Å². The average Bonchev–Trinajstić information content (AvgIpc) is 2.15. The molecule has 0 heterocycles. The van der Waals surface area contributed by atoms with E-state index in [0.717, 1.165) is 5.56 Å². The molecular formula is C11H13NO2. The number of benzene rings is 1. The number of carboxylic acid groups (broad SMARTS) is 1. The van der Waals surface area contributed by atoms with Crippen LogP contribution in [0.1, 0.15) is 27.5 Å². The van der Waals surface area contributed by atoms with Crippen molar-refractivity contribution in [1.82, 2.24) is 0 Å². The van der Waals surface area contributed by atoms with Crippen LogP contribution in [0.15, 0.2) is 30.9 Å². The second kappa shape index (κ2) is 4.07. The maximum Gasteiger partial charge on any atom is 0.335 e. The number of carboxylic acids is 1. The Bertz CT molecular complexity index is 372. The SMILES string of the molecule is C=CC(N)c1ccc(C(=O)O)c(C)c1. The van der Waals surface area contributed by atoms with Gasteiger partial charge in [-0.25, -0.2) is 4.79 Å². The molecule has 14 heavy (non-hydrogen) atoms. The molecule has 1 unspecified atom stereocenters. The lowest BCUT2D eigenvalue weighted by atomic mass is 10.0. The van der Waals surface area contributed by atoms with Crippen molar-refractivity contribution < 1.29 is 9.90 Å². The van der Waals surface area contributed by atoms with E-state index in [1.165, 1.54) is 0 Å². The van der Waals surface area contributed by atoms with Gasteiger partial charge in [-0.3, -0.25) is 0 Å². The van der Waals surface area contributed by atoms with Gasteiger partial charge in [0.15, 0.2) is 0 Å². The number of carbonyl (C=O) groups is 1. The van der Waals surface area contributed by atoms with E-state index >= 15 is 0 Å². The zero-order chi connectivity index (χ0) is 10.7. The fourth-order valence-corrected chi connectivity index (χ4v) is 1.27. The van der Waals surface area contributed by atoms with Crippen molar-refractivity contribution in [3.63, 3.8) is 0 Å². The van der Waals surface area contributed by atoms with E-state index in [9.17, 15) is 4.79 Å². The summed E-state index contributed by atoms with van der Waals surface area (Å²) in [6.07, 6.45) is 1.62. The van der Waals surface area contributed by atoms with E-state index in [2.05, 4.69) is 6.58 Å². The largest absolute Gasteiger partial charge is 0.478 e. The molecule has 0 aliphatic heterocycles. The first kappa shape index (κ1) is 10.5. The first-order chi connectivity index (χ1) is 6.56. The number of rotatable bonds is 3. The smallest absolute Gasteiger partial charge is 0.335 e. The summed E-state index contributed by atoms with van der Waals surface area (Å²) in [5, 5.41) is 8.80. The van der Waals surface area contributed by atoms with Crippen LogP contribution in [0.25, 0.3) is 0 Å². The van der Waals surface area contributed by atoms with Crippen LogP contribution in [0.2, 0.25) is 0 Å². The lowest BCUT2D eigenvalue weighted by Gasteiger charge is -2.08. The second-order valence-electron chi connectivity index (χ2n) is 3.14. The molecule has 0 amide bonds. The van der Waals surface area contributed by atoms with Gasteiger partial charge in [-0.15, -0.1) is 6.58 Å². The Hall–Kier alpha value is -1.61. The molecule has 1 rings (SSSR count). The van der Waals surface area contributed by atoms with Crippen molar-refractivity contribution in [2.75, 3.05) is 0 Å². The Labute approximate surface area is 82.9 Å². The Morgan fingerprint density at radius 1 is 1.64 bits per heavy atom. The minimum atomic E-state index is -0.916. The first-order valence-electron chi connectivity index (χ1n) is 4.28. The average molecular weight is 191 g/mol. The third-order valence-corrected chi connectivity index (χ3v) is 2.12. The standard InChI is InChI=1S/C11H13NO2/c1-3-10(12)8-4-5-9(11(13)14)7(2)6-8/h3-6,10H,1,12H2,2H3,(H,13,14). The summed E-state index contributed by atoms with van der Waals surface area (Å²) in [6, 6.07) is 4.81. The Morgan fingerprint density at radius 3 is 2.71 bits per heavy atom. The number of nitrogens with two attached hydrogens (primary N) is 1. The van der Waals surface area contributed by atoms with Crippen LogP contribution in [-0.4, -0.2) is 11.1 Å². The Kier molecular flexibility index (Phi) is 3.04. The van der Waals surface area contributed by atoms with Gasteiger partial charge < -0.3 is 10.8 Å². The van der Waals surface area contributed by atoms with Crippen LogP contribution in [-0.2, 0) is 0 Å². The molecule has 0 radical (unpaired) electrons. The number of aryl methyl sites for hydroxylation is 1. The Balaban J connectivity index is 3.12. The predicted molar refractivity (Wildman–Crippen MR) is 55.3 cm³/mol. The van der Waals surface area contributed by atoms with Gasteiger partial charge in [0.25, 0.3) is 0 Å². The van der Waals surface area contributed by atoms with Crippen molar-refractivity contribution >= 4 is 5.97 Å². The van der Waals surface area contributed by atoms with Crippen LogP contribution < -0.4 is 5.73 Å². The first-order valence-corrected chi connectivity index (χ1v) is 4.28. The van der Waals surface area contributed by atoms with Crippen LogP contribution in [0.3, 0.4) is 0 Å². The van der Waals surface area contributed by atoms with E-state index in [0.29, 0.717) is 11.1 Å². The third-order valence-electron chi connectivity index (χ3n) is 2.12. The molecule has 0 aliphatic carbocycles. The molecule has 0 saturated heterocycles. The molecule has 0 aliphatic rings. The quantitative estimate of drug-likeness (QED) is 0.717. The molecule has 0 spiro atoms. The number of hydrogen-bond acceptors (Lipinski definition) is 2. The number of hydrogen-bond donors (Lipinski definition) is 2. The molecule has 0 saturated carbocycles. The lowest BCUT2D eigenvalue weighted by Crippen LogP contribution is -2.08. The lowest BCUT2D eigenvalue weighted by molar-refractivity contribution is 0.0696. The minimum absolute atomic E-state index is 0.239. The van der Waals surface area contributed by atoms with Gasteiger partial charge in [-0.2, -0.15) is 0 Å². The van der Waals surface area contributed by atoms with Gasteiger partial charge in [0.2, 0.25) is 0 Å². The van der Waals surface area contributed by atoms with E-state index in [1.807, 2.05) is 0 Å². The summed E-state index contributed by atoms with van der Waals surface area (Å²) in [4.78, 5) is 10.7. The van der Waals surface area contributed by atoms with E-state index in [-0.39, 0.29) is 6.04 Å². The summed E-state index contributed by atoms with van der Waals surface area (Å²) in [6.45, 7) is 5.34. The van der Waals surface area contributed by atoms with Crippen molar-refractivity contribution in [2.45, 2.75) is 13.0 Å². The predicted octanol–water partition coefficient (Wildman–Crippen LogP) is 1.88. The molecule has 0 bridgehead atoms. The van der Waals surface area contributed by atoms with Crippen LogP contribution in [0.4, 0.5) is 0 Å². The van der Waals surface area contributed by atoms with Gasteiger partial charge in [0.1, 0.15) is 0 Å². The monoisotopic (exact) mass is 191 g/mol. The molecule has 0 aromatic heterocycles. The molecule has 0 fully saturated rings.